The largest absolute Gasteiger partial charge is 0.468 e. The molecule has 0 aromatic carbocycles. The molecule has 7 heteroatoms. The van der Waals surface area contributed by atoms with E-state index in [1.807, 2.05) is 0 Å². The minimum atomic E-state index is -0.327. The SMILES string of the molecule is COC(=O)[C@@H]1C[C@H](NC(=O)c2cncs2)CN1. The first-order chi connectivity index (χ1) is 8.20. The van der Waals surface area contributed by atoms with E-state index in [9.17, 15) is 9.59 Å². The van der Waals surface area contributed by atoms with E-state index in [-0.39, 0.29) is 24.0 Å². The Morgan fingerprint density at radius 1 is 1.65 bits per heavy atom. The molecule has 6 nitrogen and oxygen atoms in total. The lowest BCUT2D eigenvalue weighted by molar-refractivity contribution is -0.142. The van der Waals surface area contributed by atoms with Crippen LogP contribution in [-0.4, -0.2) is 42.6 Å². The van der Waals surface area contributed by atoms with Gasteiger partial charge in [-0.1, -0.05) is 0 Å². The predicted molar refractivity (Wildman–Crippen MR) is 61.8 cm³/mol. The average Bonchev–Trinajstić information content (AvgIpc) is 2.98. The van der Waals surface area contributed by atoms with Crippen molar-refractivity contribution in [2.45, 2.75) is 18.5 Å². The average molecular weight is 255 g/mol. The van der Waals surface area contributed by atoms with Crippen LogP contribution in [0.4, 0.5) is 0 Å². The van der Waals surface area contributed by atoms with E-state index >= 15 is 0 Å². The van der Waals surface area contributed by atoms with E-state index in [1.165, 1.54) is 24.6 Å². The maximum atomic E-state index is 11.7. The Balaban J connectivity index is 1.86. The summed E-state index contributed by atoms with van der Waals surface area (Å²) in [5, 5.41) is 5.86. The van der Waals surface area contributed by atoms with Gasteiger partial charge >= 0.3 is 5.97 Å². The molecule has 1 aromatic rings. The van der Waals surface area contributed by atoms with Gasteiger partial charge in [-0.3, -0.25) is 14.6 Å². The number of thiazole rings is 1. The van der Waals surface area contributed by atoms with Gasteiger partial charge in [0.1, 0.15) is 10.9 Å². The van der Waals surface area contributed by atoms with Gasteiger partial charge in [0.05, 0.1) is 18.8 Å². The molecule has 17 heavy (non-hydrogen) atoms. The van der Waals surface area contributed by atoms with Crippen LogP contribution in [0.3, 0.4) is 0 Å². The van der Waals surface area contributed by atoms with Gasteiger partial charge in [0.15, 0.2) is 0 Å². The summed E-state index contributed by atoms with van der Waals surface area (Å²) in [7, 11) is 1.35. The number of hydrogen-bond acceptors (Lipinski definition) is 6. The highest BCUT2D eigenvalue weighted by molar-refractivity contribution is 7.11. The Hall–Kier alpha value is -1.47. The number of carbonyl (C=O) groups excluding carboxylic acids is 2. The second-order valence-corrected chi connectivity index (χ2v) is 4.64. The van der Waals surface area contributed by atoms with Crippen molar-refractivity contribution in [3.8, 4) is 0 Å². The molecule has 1 fully saturated rings. The summed E-state index contributed by atoms with van der Waals surface area (Å²) >= 11 is 1.29. The molecule has 0 unspecified atom stereocenters. The topological polar surface area (TPSA) is 80.3 Å². The zero-order valence-corrected chi connectivity index (χ0v) is 10.1. The second kappa shape index (κ2) is 5.24. The number of esters is 1. The number of carbonyl (C=O) groups is 2. The Morgan fingerprint density at radius 3 is 3.12 bits per heavy atom. The van der Waals surface area contributed by atoms with Gasteiger partial charge in [0, 0.05) is 12.6 Å². The monoisotopic (exact) mass is 255 g/mol. The van der Waals surface area contributed by atoms with E-state index in [1.54, 1.807) is 5.51 Å². The highest BCUT2D eigenvalue weighted by Gasteiger charge is 2.31. The summed E-state index contributed by atoms with van der Waals surface area (Å²) in [6.07, 6.45) is 2.08. The first-order valence-corrected chi connectivity index (χ1v) is 6.09. The van der Waals surface area contributed by atoms with Crippen molar-refractivity contribution in [2.24, 2.45) is 0 Å². The smallest absolute Gasteiger partial charge is 0.322 e. The van der Waals surface area contributed by atoms with Crippen LogP contribution >= 0.6 is 11.3 Å². The molecule has 0 bridgehead atoms. The van der Waals surface area contributed by atoms with E-state index in [0.29, 0.717) is 17.8 Å². The summed E-state index contributed by atoms with van der Waals surface area (Å²) in [6, 6.07) is -0.375. The molecule has 92 valence electrons. The van der Waals surface area contributed by atoms with E-state index in [0.717, 1.165) is 0 Å². The van der Waals surface area contributed by atoms with E-state index in [4.69, 9.17) is 0 Å². The van der Waals surface area contributed by atoms with Crippen molar-refractivity contribution in [1.29, 1.82) is 0 Å². The van der Waals surface area contributed by atoms with Crippen LogP contribution in [0, 0.1) is 0 Å². The van der Waals surface area contributed by atoms with Crippen molar-refractivity contribution in [3.63, 3.8) is 0 Å². The number of rotatable bonds is 3. The van der Waals surface area contributed by atoms with Crippen molar-refractivity contribution in [2.75, 3.05) is 13.7 Å². The minimum Gasteiger partial charge on any atom is -0.468 e. The fraction of sp³-hybridized carbons (Fsp3) is 0.500. The van der Waals surface area contributed by atoms with E-state index < -0.39 is 0 Å². The zero-order chi connectivity index (χ0) is 12.3. The molecule has 0 aliphatic carbocycles. The highest BCUT2D eigenvalue weighted by Crippen LogP contribution is 2.10. The third-order valence-electron chi connectivity index (χ3n) is 2.61. The molecule has 0 saturated carbocycles. The van der Waals surface area contributed by atoms with E-state index in [2.05, 4.69) is 20.4 Å². The van der Waals surface area contributed by atoms with Crippen molar-refractivity contribution >= 4 is 23.2 Å². The maximum absolute atomic E-state index is 11.7. The Labute approximate surface area is 102 Å². The maximum Gasteiger partial charge on any atom is 0.322 e. The molecule has 0 radical (unpaired) electrons. The van der Waals surface area contributed by atoms with Crippen LogP contribution < -0.4 is 10.6 Å². The quantitative estimate of drug-likeness (QED) is 0.730. The third-order valence-corrected chi connectivity index (χ3v) is 3.38. The number of methoxy groups -OCH3 is 1. The van der Waals surface area contributed by atoms with Gasteiger partial charge in [0.25, 0.3) is 5.91 Å². The van der Waals surface area contributed by atoms with Gasteiger partial charge in [-0.15, -0.1) is 11.3 Å². The van der Waals surface area contributed by atoms with Crippen LogP contribution in [0.25, 0.3) is 0 Å². The van der Waals surface area contributed by atoms with Gasteiger partial charge < -0.3 is 15.4 Å². The zero-order valence-electron chi connectivity index (χ0n) is 9.30. The predicted octanol–water partition coefficient (Wildman–Crippen LogP) is -0.224. The van der Waals surface area contributed by atoms with Crippen LogP contribution in [0.15, 0.2) is 11.7 Å². The van der Waals surface area contributed by atoms with Crippen LogP contribution in [0.1, 0.15) is 16.1 Å². The summed E-state index contributed by atoms with van der Waals surface area (Å²) < 4.78 is 4.64. The molecule has 1 aliphatic heterocycles. The van der Waals surface area contributed by atoms with Gasteiger partial charge in [0.2, 0.25) is 0 Å². The summed E-state index contributed by atoms with van der Waals surface area (Å²) in [4.78, 5) is 27.4. The molecule has 2 atom stereocenters. The number of aromatic nitrogens is 1. The van der Waals surface area contributed by atoms with Gasteiger partial charge in [-0.25, -0.2) is 0 Å². The summed E-state index contributed by atoms with van der Waals surface area (Å²) in [6.45, 7) is 0.574. The highest BCUT2D eigenvalue weighted by atomic mass is 32.1. The number of amides is 1. The lowest BCUT2D eigenvalue weighted by Gasteiger charge is -2.10. The molecule has 1 saturated heterocycles. The minimum absolute atomic E-state index is 0.0475. The Kier molecular flexibility index (Phi) is 3.70. The number of hydrogen-bond donors (Lipinski definition) is 2. The summed E-state index contributed by atoms with van der Waals surface area (Å²) in [5.41, 5.74) is 1.61. The lowest BCUT2D eigenvalue weighted by Crippen LogP contribution is -2.35. The summed E-state index contributed by atoms with van der Waals surface area (Å²) in [5.74, 6) is -0.440. The molecule has 1 amide bonds. The van der Waals surface area contributed by atoms with Gasteiger partial charge in [-0.05, 0) is 6.42 Å². The first kappa shape index (κ1) is 12.0. The van der Waals surface area contributed by atoms with Crippen molar-refractivity contribution in [3.05, 3.63) is 16.6 Å². The standard InChI is InChI=1S/C10H13N3O3S/c1-16-10(15)7-2-6(3-12-7)13-9(14)8-4-11-5-17-8/h4-7,12H,2-3H2,1H3,(H,13,14)/t6-,7-/m0/s1. The fourth-order valence-corrected chi connectivity index (χ4v) is 2.27. The Morgan fingerprint density at radius 2 is 2.47 bits per heavy atom. The van der Waals surface area contributed by atoms with Crippen LogP contribution in [0.2, 0.25) is 0 Å². The molecule has 2 heterocycles. The molecular weight excluding hydrogens is 242 g/mol. The van der Waals surface area contributed by atoms with Gasteiger partial charge in [-0.2, -0.15) is 0 Å². The fourth-order valence-electron chi connectivity index (χ4n) is 1.75. The number of nitrogens with zero attached hydrogens (tertiary/aromatic N) is 1. The van der Waals surface area contributed by atoms with Crippen molar-refractivity contribution in [1.82, 2.24) is 15.6 Å². The number of nitrogens with one attached hydrogen (secondary N) is 2. The normalized spacial score (nSPS) is 23.4. The number of ether oxygens (including phenoxy) is 1. The molecule has 1 aliphatic rings. The third kappa shape index (κ3) is 2.80. The van der Waals surface area contributed by atoms with Crippen molar-refractivity contribution < 1.29 is 14.3 Å². The second-order valence-electron chi connectivity index (χ2n) is 3.76. The molecule has 1 aromatic heterocycles. The lowest BCUT2D eigenvalue weighted by atomic mass is 10.2. The van der Waals surface area contributed by atoms with Crippen LogP contribution in [0.5, 0.6) is 0 Å². The molecule has 0 spiro atoms. The Bertz CT molecular complexity index is 407. The first-order valence-electron chi connectivity index (χ1n) is 5.21. The molecular formula is C10H13N3O3S. The molecule has 2 rings (SSSR count). The molecule has 2 N–H and O–H groups in total. The van der Waals surface area contributed by atoms with Crippen LogP contribution in [-0.2, 0) is 9.53 Å².